The zero-order chi connectivity index (χ0) is 17.2. The molecule has 1 amide bonds. The minimum absolute atomic E-state index is 0.208. The third kappa shape index (κ3) is 3.65. The molecule has 0 aromatic heterocycles. The minimum Gasteiger partial charge on any atom is -0.488 e. The second-order valence-electron chi connectivity index (χ2n) is 6.37. The minimum atomic E-state index is -0.208. The first-order valence-corrected chi connectivity index (χ1v) is 8.30. The van der Waals surface area contributed by atoms with Crippen LogP contribution in [-0.4, -0.2) is 24.7 Å². The Hall–Kier alpha value is -2.20. The third-order valence-corrected chi connectivity index (χ3v) is 4.15. The molecule has 4 nitrogen and oxygen atoms in total. The van der Waals surface area contributed by atoms with Gasteiger partial charge in [0.15, 0.2) is 11.5 Å². The Morgan fingerprint density at radius 3 is 2.83 bits per heavy atom. The first-order valence-electron chi connectivity index (χ1n) is 7.93. The summed E-state index contributed by atoms with van der Waals surface area (Å²) in [6.07, 6.45) is 0.864. The molecule has 0 bridgehead atoms. The summed E-state index contributed by atoms with van der Waals surface area (Å²) in [7, 11) is 0. The van der Waals surface area contributed by atoms with Crippen molar-refractivity contribution in [3.63, 3.8) is 0 Å². The maximum atomic E-state index is 12.1. The molecule has 1 aliphatic heterocycles. The lowest BCUT2D eigenvalue weighted by molar-refractivity contribution is 0.0946. The molecular formula is C19H20ClNO3. The quantitative estimate of drug-likeness (QED) is 0.837. The van der Waals surface area contributed by atoms with Crippen LogP contribution in [0.5, 0.6) is 11.5 Å². The van der Waals surface area contributed by atoms with Gasteiger partial charge in [-0.25, -0.2) is 0 Å². The topological polar surface area (TPSA) is 47.6 Å². The van der Waals surface area contributed by atoms with Crippen molar-refractivity contribution in [1.82, 2.24) is 5.32 Å². The Kier molecular flexibility index (Phi) is 4.67. The molecule has 1 aliphatic rings. The average molecular weight is 346 g/mol. The van der Waals surface area contributed by atoms with Crippen molar-refractivity contribution in [2.45, 2.75) is 25.9 Å². The highest BCUT2D eigenvalue weighted by Gasteiger charge is 2.32. The summed E-state index contributed by atoms with van der Waals surface area (Å²) in [5.41, 5.74) is 1.41. The molecule has 0 aliphatic carbocycles. The number of amides is 1. The second kappa shape index (κ2) is 6.73. The number of rotatable bonds is 5. The van der Waals surface area contributed by atoms with Crippen LogP contribution in [0.1, 0.15) is 29.8 Å². The largest absolute Gasteiger partial charge is 0.488 e. The second-order valence-corrected chi connectivity index (χ2v) is 6.77. The van der Waals surface area contributed by atoms with E-state index in [0.29, 0.717) is 29.5 Å². The molecule has 0 saturated heterocycles. The van der Waals surface area contributed by atoms with Crippen molar-refractivity contribution in [3.8, 4) is 11.5 Å². The fourth-order valence-electron chi connectivity index (χ4n) is 2.77. The average Bonchev–Trinajstić information content (AvgIpc) is 2.86. The monoisotopic (exact) mass is 345 g/mol. The SMILES string of the molecule is CC1(C)Cc2cccc(OCCNC(=O)c3ccccc3Cl)c2O1. The van der Waals surface area contributed by atoms with Gasteiger partial charge in [-0.15, -0.1) is 0 Å². The highest BCUT2D eigenvalue weighted by atomic mass is 35.5. The van der Waals surface area contributed by atoms with Crippen molar-refractivity contribution < 1.29 is 14.3 Å². The van der Waals surface area contributed by atoms with E-state index in [0.717, 1.165) is 17.7 Å². The van der Waals surface area contributed by atoms with E-state index in [1.165, 1.54) is 0 Å². The van der Waals surface area contributed by atoms with Crippen LogP contribution < -0.4 is 14.8 Å². The van der Waals surface area contributed by atoms with Gasteiger partial charge >= 0.3 is 0 Å². The lowest BCUT2D eigenvalue weighted by Crippen LogP contribution is -2.28. The molecular weight excluding hydrogens is 326 g/mol. The Balaban J connectivity index is 1.54. The normalized spacial score (nSPS) is 14.6. The number of fused-ring (bicyclic) bond motifs is 1. The molecule has 0 unspecified atom stereocenters. The summed E-state index contributed by atoms with van der Waals surface area (Å²) in [4.78, 5) is 12.1. The van der Waals surface area contributed by atoms with Gasteiger partial charge in [0.1, 0.15) is 12.2 Å². The van der Waals surface area contributed by atoms with E-state index in [9.17, 15) is 4.79 Å². The maximum absolute atomic E-state index is 12.1. The first-order chi connectivity index (χ1) is 11.5. The predicted molar refractivity (Wildman–Crippen MR) is 94.1 cm³/mol. The molecule has 3 rings (SSSR count). The van der Waals surface area contributed by atoms with Gasteiger partial charge in [0.2, 0.25) is 0 Å². The van der Waals surface area contributed by atoms with Gasteiger partial charge in [-0.3, -0.25) is 4.79 Å². The molecule has 0 atom stereocenters. The van der Waals surface area contributed by atoms with Crippen molar-refractivity contribution in [2.24, 2.45) is 0 Å². The van der Waals surface area contributed by atoms with Crippen LogP contribution in [0.4, 0.5) is 0 Å². The van der Waals surface area contributed by atoms with Crippen molar-refractivity contribution >= 4 is 17.5 Å². The van der Waals surface area contributed by atoms with Gasteiger partial charge in [0.25, 0.3) is 5.91 Å². The number of hydrogen-bond donors (Lipinski definition) is 1. The zero-order valence-electron chi connectivity index (χ0n) is 13.8. The smallest absolute Gasteiger partial charge is 0.252 e. The highest BCUT2D eigenvalue weighted by molar-refractivity contribution is 6.33. The fourth-order valence-corrected chi connectivity index (χ4v) is 2.99. The number of hydrogen-bond acceptors (Lipinski definition) is 3. The Bertz CT molecular complexity index is 758. The zero-order valence-corrected chi connectivity index (χ0v) is 14.5. The Morgan fingerprint density at radius 1 is 1.25 bits per heavy atom. The molecule has 2 aromatic carbocycles. The molecule has 0 spiro atoms. The Morgan fingerprint density at radius 2 is 2.04 bits per heavy atom. The van der Waals surface area contributed by atoms with Gasteiger partial charge < -0.3 is 14.8 Å². The van der Waals surface area contributed by atoms with Gasteiger partial charge in [-0.1, -0.05) is 35.9 Å². The standard InChI is InChI=1S/C19H20ClNO3/c1-19(2)12-13-6-5-9-16(17(13)24-19)23-11-10-21-18(22)14-7-3-4-8-15(14)20/h3-9H,10-12H2,1-2H3,(H,21,22). The Labute approximate surface area is 146 Å². The molecule has 24 heavy (non-hydrogen) atoms. The van der Waals surface area contributed by atoms with E-state index < -0.39 is 0 Å². The predicted octanol–water partition coefficient (Wildman–Crippen LogP) is 3.86. The van der Waals surface area contributed by atoms with Crippen LogP contribution in [0.15, 0.2) is 42.5 Å². The number of ether oxygens (including phenoxy) is 2. The van der Waals surface area contributed by atoms with E-state index in [2.05, 4.69) is 25.2 Å². The highest BCUT2D eigenvalue weighted by Crippen LogP contribution is 2.41. The van der Waals surface area contributed by atoms with E-state index >= 15 is 0 Å². The number of carbonyl (C=O) groups is 1. The van der Waals surface area contributed by atoms with Crippen LogP contribution in [0.3, 0.4) is 0 Å². The number of nitrogens with one attached hydrogen (secondary N) is 1. The molecule has 2 aromatic rings. The maximum Gasteiger partial charge on any atom is 0.252 e. The lowest BCUT2D eigenvalue weighted by Gasteiger charge is -2.18. The number of carbonyl (C=O) groups excluding carboxylic acids is 1. The van der Waals surface area contributed by atoms with E-state index in [1.807, 2.05) is 12.1 Å². The number of halogens is 1. The lowest BCUT2D eigenvalue weighted by atomic mass is 10.0. The van der Waals surface area contributed by atoms with Crippen LogP contribution in [0, 0.1) is 0 Å². The summed E-state index contributed by atoms with van der Waals surface area (Å²) in [6, 6.07) is 12.9. The van der Waals surface area contributed by atoms with Crippen molar-refractivity contribution in [3.05, 3.63) is 58.6 Å². The van der Waals surface area contributed by atoms with Gasteiger partial charge in [-0.2, -0.15) is 0 Å². The van der Waals surface area contributed by atoms with Crippen molar-refractivity contribution in [1.29, 1.82) is 0 Å². The number of benzene rings is 2. The summed E-state index contributed by atoms with van der Waals surface area (Å²) >= 11 is 6.01. The number of para-hydroxylation sites is 1. The molecule has 126 valence electrons. The van der Waals surface area contributed by atoms with Crippen LogP contribution in [0.25, 0.3) is 0 Å². The molecule has 0 fully saturated rings. The molecule has 0 saturated carbocycles. The third-order valence-electron chi connectivity index (χ3n) is 3.82. The van der Waals surface area contributed by atoms with Gasteiger partial charge in [0.05, 0.1) is 17.1 Å². The van der Waals surface area contributed by atoms with Crippen LogP contribution in [-0.2, 0) is 6.42 Å². The van der Waals surface area contributed by atoms with Crippen LogP contribution in [0.2, 0.25) is 5.02 Å². The van der Waals surface area contributed by atoms with Gasteiger partial charge in [0, 0.05) is 12.0 Å². The van der Waals surface area contributed by atoms with Gasteiger partial charge in [-0.05, 0) is 32.0 Å². The summed E-state index contributed by atoms with van der Waals surface area (Å²) in [5, 5.41) is 3.24. The summed E-state index contributed by atoms with van der Waals surface area (Å²) in [6.45, 7) is 4.86. The van der Waals surface area contributed by atoms with Crippen molar-refractivity contribution in [2.75, 3.05) is 13.2 Å². The van der Waals surface area contributed by atoms with E-state index in [-0.39, 0.29) is 11.5 Å². The van der Waals surface area contributed by atoms with E-state index in [1.54, 1.807) is 24.3 Å². The molecule has 1 N–H and O–H groups in total. The molecule has 0 radical (unpaired) electrons. The first kappa shape index (κ1) is 16.7. The summed E-state index contributed by atoms with van der Waals surface area (Å²) in [5.74, 6) is 1.31. The molecule has 5 heteroatoms. The van der Waals surface area contributed by atoms with E-state index in [4.69, 9.17) is 21.1 Å². The summed E-state index contributed by atoms with van der Waals surface area (Å²) < 4.78 is 11.7. The fraction of sp³-hybridized carbons (Fsp3) is 0.316. The molecule has 1 heterocycles. The van der Waals surface area contributed by atoms with Crippen LogP contribution >= 0.6 is 11.6 Å².